The standard InChI is InChI=1S/C12H10N2O8S.2Sr/c13-2-6-5(1-7(15)16)10(12(21)22)23-11(6)14(3-8(17)18)4-9(19)20;;/h3-4,17-20H,1H2,(H,15,16)(H,21,22);;/q;2*+2/p-4. The second-order valence-corrected chi connectivity index (χ2v) is 4.88. The van der Waals surface area contributed by atoms with Crippen molar-refractivity contribution in [3.05, 3.63) is 40.3 Å². The summed E-state index contributed by atoms with van der Waals surface area (Å²) < 4.78 is 0. The molecule has 1 aromatic heterocycles. The third kappa shape index (κ3) is 7.77. The van der Waals surface area contributed by atoms with Gasteiger partial charge >= 0.3 is 91.0 Å². The summed E-state index contributed by atoms with van der Waals surface area (Å²) in [6.07, 6.45) is -0.179. The van der Waals surface area contributed by atoms with Gasteiger partial charge in [0.2, 0.25) is 0 Å². The van der Waals surface area contributed by atoms with E-state index in [2.05, 4.69) is 0 Å². The first kappa shape index (κ1) is 26.8. The number of hydrogen-bond donors (Lipinski definition) is 2. The SMILES string of the molecule is N#Cc1c(N(C=C([O-])O)C=C([O-])O)sc(C(=O)[O-])c1CC(=O)[O-].[Sr+2].[Sr+2]. The first-order valence-corrected chi connectivity index (χ1v) is 6.39. The Morgan fingerprint density at radius 1 is 1.12 bits per heavy atom. The molecule has 0 saturated heterocycles. The number of anilines is 1. The van der Waals surface area contributed by atoms with Crippen LogP contribution in [0.2, 0.25) is 0 Å². The quantitative estimate of drug-likeness (QED) is 0.278. The van der Waals surface area contributed by atoms with Crippen LogP contribution in [0.1, 0.15) is 20.8 Å². The normalized spacial score (nSPS) is 10.8. The average Bonchev–Trinajstić information content (AvgIpc) is 2.74. The summed E-state index contributed by atoms with van der Waals surface area (Å²) in [5.74, 6) is -6.61. The van der Waals surface area contributed by atoms with E-state index in [1.54, 1.807) is 0 Å². The van der Waals surface area contributed by atoms with Crippen LogP contribution in [0, 0.1) is 11.3 Å². The molecule has 0 unspecified atom stereocenters. The van der Waals surface area contributed by atoms with Gasteiger partial charge in [-0.3, -0.25) is 0 Å². The van der Waals surface area contributed by atoms with E-state index in [1.807, 2.05) is 0 Å². The molecule has 0 atom stereocenters. The molecule has 0 radical (unpaired) electrons. The second kappa shape index (κ2) is 12.0. The van der Waals surface area contributed by atoms with E-state index in [9.17, 15) is 30.0 Å². The van der Waals surface area contributed by atoms with Crippen LogP contribution in [0.4, 0.5) is 5.00 Å². The summed E-state index contributed by atoms with van der Waals surface area (Å²) in [5, 5.41) is 69.4. The molecule has 0 aliphatic heterocycles. The van der Waals surface area contributed by atoms with E-state index in [-0.39, 0.29) is 96.0 Å². The summed E-state index contributed by atoms with van der Waals surface area (Å²) >= 11 is 0.314. The Labute approximate surface area is 219 Å². The predicted octanol–water partition coefficient (Wildman–Crippen LogP) is -4.25. The van der Waals surface area contributed by atoms with Crippen molar-refractivity contribution in [2.75, 3.05) is 4.90 Å². The van der Waals surface area contributed by atoms with Crippen LogP contribution in [0.5, 0.6) is 0 Å². The minimum Gasteiger partial charge on any atom is -0.628 e. The van der Waals surface area contributed by atoms with Crippen molar-refractivity contribution < 1.29 is 40.2 Å². The Hall–Kier alpha value is -0.429. The number of nitrogens with zero attached hydrogens (tertiary/aromatic N) is 2. The van der Waals surface area contributed by atoms with Crippen molar-refractivity contribution in [1.29, 1.82) is 5.26 Å². The van der Waals surface area contributed by atoms with Crippen LogP contribution in [0.3, 0.4) is 0 Å². The molecule has 13 heteroatoms. The maximum atomic E-state index is 11.1. The molecule has 0 aromatic carbocycles. The molecule has 0 fully saturated rings. The first-order valence-electron chi connectivity index (χ1n) is 5.58. The molecule has 2 N–H and O–H groups in total. The summed E-state index contributed by atoms with van der Waals surface area (Å²) in [4.78, 5) is 21.6. The third-order valence-corrected chi connectivity index (χ3v) is 3.57. The van der Waals surface area contributed by atoms with Gasteiger partial charge in [0, 0.05) is 24.8 Å². The van der Waals surface area contributed by atoms with Gasteiger partial charge in [-0.15, -0.1) is 11.3 Å². The number of carboxylic acids is 2. The van der Waals surface area contributed by atoms with E-state index in [4.69, 9.17) is 15.5 Å². The van der Waals surface area contributed by atoms with Crippen molar-refractivity contribution in [2.45, 2.75) is 6.42 Å². The molecule has 0 bridgehead atoms. The number of thiophene rings is 1. The number of carbonyl (C=O) groups is 2. The van der Waals surface area contributed by atoms with Crippen LogP contribution >= 0.6 is 11.3 Å². The van der Waals surface area contributed by atoms with Crippen molar-refractivity contribution in [1.82, 2.24) is 0 Å². The number of hydrogen-bond acceptors (Lipinski definition) is 11. The van der Waals surface area contributed by atoms with E-state index < -0.39 is 46.3 Å². The van der Waals surface area contributed by atoms with Crippen LogP contribution in [0.25, 0.3) is 0 Å². The zero-order chi connectivity index (χ0) is 17.7. The van der Waals surface area contributed by atoms with Gasteiger partial charge in [-0.25, -0.2) is 0 Å². The number of rotatable bonds is 6. The number of nitriles is 1. The smallest absolute Gasteiger partial charge is 0.628 e. The van der Waals surface area contributed by atoms with E-state index in [0.29, 0.717) is 28.6 Å². The van der Waals surface area contributed by atoms with Gasteiger partial charge in [-0.2, -0.15) is 5.26 Å². The molecule has 1 heterocycles. The molecule has 0 saturated carbocycles. The molecular formula is C12H6N2O8SSr2. The topological polar surface area (TPSA) is 194 Å². The van der Waals surface area contributed by atoms with Gasteiger partial charge in [0.1, 0.15) is 11.1 Å². The monoisotopic (exact) mass is 514 g/mol. The summed E-state index contributed by atoms with van der Waals surface area (Å²) in [6, 6.07) is 1.53. The number of carboxylic acid groups (broad SMARTS) is 2. The minimum absolute atomic E-state index is 0. The van der Waals surface area contributed by atoms with Crippen LogP contribution in [-0.4, -0.2) is 113 Å². The predicted molar refractivity (Wildman–Crippen MR) is 77.5 cm³/mol. The molecule has 0 amide bonds. The number of aromatic carboxylic acids is 1. The maximum absolute atomic E-state index is 11.1. The molecule has 0 aliphatic carbocycles. The fraction of sp³-hybridized carbons (Fsp3) is 0.0833. The molecule has 1 rings (SSSR count). The number of carbonyl (C=O) groups excluding carboxylic acids is 2. The number of aliphatic hydroxyl groups excluding tert-OH is 2. The zero-order valence-corrected chi connectivity index (χ0v) is 20.2. The van der Waals surface area contributed by atoms with Gasteiger partial charge in [-0.1, -0.05) is 0 Å². The number of aliphatic carboxylic acids is 1. The molecular weight excluding hydrogens is 507 g/mol. The van der Waals surface area contributed by atoms with E-state index in [1.165, 1.54) is 6.07 Å². The van der Waals surface area contributed by atoms with Gasteiger partial charge in [0.25, 0.3) is 0 Å². The van der Waals surface area contributed by atoms with Gasteiger partial charge in [0.15, 0.2) is 0 Å². The van der Waals surface area contributed by atoms with E-state index in [0.717, 1.165) is 0 Å². The second-order valence-electron chi connectivity index (χ2n) is 3.88. The molecule has 122 valence electrons. The Bertz CT molecular complexity index is 727. The molecule has 0 spiro atoms. The fourth-order valence-electron chi connectivity index (χ4n) is 1.62. The van der Waals surface area contributed by atoms with Crippen molar-refractivity contribution >= 4 is 119 Å². The van der Waals surface area contributed by atoms with Gasteiger partial charge in [-0.05, 0) is 5.56 Å². The molecule has 0 aliphatic rings. The Morgan fingerprint density at radius 2 is 1.60 bits per heavy atom. The Morgan fingerprint density at radius 3 is 1.92 bits per heavy atom. The first-order chi connectivity index (χ1) is 10.7. The fourth-order valence-corrected chi connectivity index (χ4v) is 2.68. The Balaban J connectivity index is 0. The minimum atomic E-state index is -1.79. The maximum Gasteiger partial charge on any atom is 2.00 e. The van der Waals surface area contributed by atoms with Crippen molar-refractivity contribution in [3.8, 4) is 6.07 Å². The molecule has 25 heavy (non-hydrogen) atoms. The average molecular weight is 513 g/mol. The van der Waals surface area contributed by atoms with Gasteiger partial charge < -0.3 is 45.1 Å². The molecule has 10 nitrogen and oxygen atoms in total. The summed E-state index contributed by atoms with van der Waals surface area (Å²) in [5.41, 5.74) is -0.941. The molecule has 1 aromatic rings. The largest absolute Gasteiger partial charge is 2.00 e. The summed E-state index contributed by atoms with van der Waals surface area (Å²) in [7, 11) is 0. The van der Waals surface area contributed by atoms with Crippen LogP contribution in [0.15, 0.2) is 24.3 Å². The van der Waals surface area contributed by atoms with E-state index >= 15 is 0 Å². The van der Waals surface area contributed by atoms with Crippen molar-refractivity contribution in [3.63, 3.8) is 0 Å². The summed E-state index contributed by atoms with van der Waals surface area (Å²) in [6.45, 7) is 0. The van der Waals surface area contributed by atoms with Crippen LogP contribution < -0.4 is 25.3 Å². The zero-order valence-electron chi connectivity index (χ0n) is 12.4. The van der Waals surface area contributed by atoms with Gasteiger partial charge in [0.05, 0.1) is 28.3 Å². The third-order valence-electron chi connectivity index (χ3n) is 2.34. The number of aliphatic hydroxyl groups is 2. The Kier molecular flexibility index (Phi) is 12.9. The van der Waals surface area contributed by atoms with Crippen molar-refractivity contribution in [2.24, 2.45) is 0 Å². The van der Waals surface area contributed by atoms with Crippen LogP contribution in [-0.2, 0) is 11.2 Å².